The van der Waals surface area contributed by atoms with Gasteiger partial charge in [0.05, 0.1) is 26.2 Å². The van der Waals surface area contributed by atoms with E-state index in [0.717, 1.165) is 0 Å². The van der Waals surface area contributed by atoms with Crippen LogP contribution in [0.4, 0.5) is 10.7 Å². The molecule has 9 heteroatoms. The molecule has 0 fully saturated rings. The second kappa shape index (κ2) is 7.88. The first kappa shape index (κ1) is 16.5. The number of carbonyl (C=O) groups excluding carboxylic acids is 1. The highest BCUT2D eigenvalue weighted by atomic mass is 16.5. The Balaban J connectivity index is 2.52. The number of ether oxygens (including phenoxy) is 2. The van der Waals surface area contributed by atoms with Crippen LogP contribution in [-0.4, -0.2) is 47.8 Å². The van der Waals surface area contributed by atoms with E-state index >= 15 is 0 Å². The van der Waals surface area contributed by atoms with E-state index < -0.39 is 17.9 Å². The van der Waals surface area contributed by atoms with Crippen molar-refractivity contribution in [1.82, 2.24) is 15.3 Å². The summed E-state index contributed by atoms with van der Waals surface area (Å²) in [6, 6.07) is 0.931. The van der Waals surface area contributed by atoms with Gasteiger partial charge in [-0.1, -0.05) is 6.92 Å². The fourth-order valence-electron chi connectivity index (χ4n) is 1.34. The molecule has 1 aromatic heterocycles. The molecule has 1 aromatic rings. The van der Waals surface area contributed by atoms with Crippen LogP contribution in [0.15, 0.2) is 6.07 Å². The van der Waals surface area contributed by atoms with E-state index in [9.17, 15) is 9.59 Å². The molecule has 0 aliphatic carbocycles. The number of rotatable bonds is 7. The van der Waals surface area contributed by atoms with E-state index in [1.807, 2.05) is 0 Å². The number of carbonyl (C=O) groups is 2. The Morgan fingerprint density at radius 3 is 2.33 bits per heavy atom. The number of hydrogen-bond acceptors (Lipinski definition) is 6. The lowest BCUT2D eigenvalue weighted by atomic mass is 10.1. The Bertz CT molecular complexity index is 486. The van der Waals surface area contributed by atoms with Gasteiger partial charge in [-0.25, -0.2) is 4.79 Å². The normalized spacial score (nSPS) is 11.4. The first-order chi connectivity index (χ1) is 9.96. The average Bonchev–Trinajstić information content (AvgIpc) is 2.46. The van der Waals surface area contributed by atoms with Crippen LogP contribution >= 0.6 is 0 Å². The van der Waals surface area contributed by atoms with Crippen LogP contribution in [0.3, 0.4) is 0 Å². The Morgan fingerprint density at radius 2 is 1.86 bits per heavy atom. The molecule has 2 amide bonds. The molecule has 1 rings (SSSR count). The van der Waals surface area contributed by atoms with Crippen molar-refractivity contribution < 1.29 is 24.2 Å². The minimum Gasteiger partial charge on any atom is -0.481 e. The van der Waals surface area contributed by atoms with Crippen molar-refractivity contribution in [2.24, 2.45) is 5.92 Å². The third-order valence-corrected chi connectivity index (χ3v) is 2.61. The summed E-state index contributed by atoms with van der Waals surface area (Å²) in [5.74, 6) is -0.917. The number of methoxy groups -OCH3 is 2. The number of carboxylic acids is 1. The van der Waals surface area contributed by atoms with Gasteiger partial charge in [0.25, 0.3) is 0 Å². The van der Waals surface area contributed by atoms with Crippen LogP contribution in [0.1, 0.15) is 13.3 Å². The number of amides is 2. The second-order valence-electron chi connectivity index (χ2n) is 4.19. The summed E-state index contributed by atoms with van der Waals surface area (Å²) in [6.45, 7) is 1.79. The van der Waals surface area contributed by atoms with Gasteiger partial charge < -0.3 is 19.9 Å². The highest BCUT2D eigenvalue weighted by Crippen LogP contribution is 2.17. The number of anilines is 1. The largest absolute Gasteiger partial charge is 0.481 e. The fraction of sp³-hybridized carbons (Fsp3) is 0.500. The Hall–Kier alpha value is -2.58. The Kier molecular flexibility index (Phi) is 6.18. The van der Waals surface area contributed by atoms with Crippen molar-refractivity contribution in [1.29, 1.82) is 0 Å². The van der Waals surface area contributed by atoms with Crippen LogP contribution in [-0.2, 0) is 4.79 Å². The highest BCUT2D eigenvalue weighted by Gasteiger charge is 2.12. The maximum absolute atomic E-state index is 11.6. The lowest BCUT2D eigenvalue weighted by Gasteiger charge is -2.10. The minimum absolute atomic E-state index is 0.0231. The number of nitrogens with zero attached hydrogens (tertiary/aromatic N) is 2. The highest BCUT2D eigenvalue weighted by molar-refractivity contribution is 5.87. The number of carboxylic acid groups (broad SMARTS) is 1. The van der Waals surface area contributed by atoms with Crippen molar-refractivity contribution in [3.63, 3.8) is 0 Å². The van der Waals surface area contributed by atoms with Gasteiger partial charge in [0.15, 0.2) is 0 Å². The maximum Gasteiger partial charge on any atom is 0.321 e. The Morgan fingerprint density at radius 1 is 1.29 bits per heavy atom. The summed E-state index contributed by atoms with van der Waals surface area (Å²) >= 11 is 0. The number of urea groups is 1. The first-order valence-electron chi connectivity index (χ1n) is 6.21. The fourth-order valence-corrected chi connectivity index (χ4v) is 1.34. The minimum atomic E-state index is -0.905. The summed E-state index contributed by atoms with van der Waals surface area (Å²) in [5.41, 5.74) is 0. The van der Waals surface area contributed by atoms with Crippen molar-refractivity contribution in [2.45, 2.75) is 13.3 Å². The topological polar surface area (TPSA) is 123 Å². The zero-order valence-corrected chi connectivity index (χ0v) is 12.0. The summed E-state index contributed by atoms with van der Waals surface area (Å²) < 4.78 is 9.90. The predicted molar refractivity (Wildman–Crippen MR) is 73.6 cm³/mol. The quantitative estimate of drug-likeness (QED) is 0.678. The van der Waals surface area contributed by atoms with Crippen LogP contribution in [0.5, 0.6) is 11.8 Å². The number of hydrogen-bond donors (Lipinski definition) is 3. The summed E-state index contributed by atoms with van der Waals surface area (Å²) in [4.78, 5) is 30.1. The van der Waals surface area contributed by atoms with Gasteiger partial charge >= 0.3 is 12.0 Å². The SMILES string of the molecule is COc1cc(OC)nc(NC(=O)NCCC(C)C(=O)O)n1. The monoisotopic (exact) mass is 298 g/mol. The average molecular weight is 298 g/mol. The van der Waals surface area contributed by atoms with Crippen molar-refractivity contribution in [3.8, 4) is 11.8 Å². The molecule has 1 heterocycles. The zero-order valence-electron chi connectivity index (χ0n) is 12.0. The molecular weight excluding hydrogens is 280 g/mol. The predicted octanol–water partition coefficient (Wildman–Crippen LogP) is 0.726. The van der Waals surface area contributed by atoms with Gasteiger partial charge in [-0.15, -0.1) is 0 Å². The Labute approximate surface area is 121 Å². The van der Waals surface area contributed by atoms with E-state index in [4.69, 9.17) is 14.6 Å². The van der Waals surface area contributed by atoms with Crippen LogP contribution in [0.25, 0.3) is 0 Å². The van der Waals surface area contributed by atoms with E-state index in [2.05, 4.69) is 20.6 Å². The standard InChI is InChI=1S/C12H18N4O5/c1-7(10(17)18)4-5-13-12(19)16-11-14-8(20-2)6-9(15-11)21-3/h6-7H,4-5H2,1-3H3,(H,17,18)(H2,13,14,15,16,19). The number of nitrogens with one attached hydrogen (secondary N) is 2. The van der Waals surface area contributed by atoms with Gasteiger partial charge in [-0.05, 0) is 6.42 Å². The van der Waals surface area contributed by atoms with Crippen molar-refractivity contribution >= 4 is 17.9 Å². The van der Waals surface area contributed by atoms with Crippen molar-refractivity contribution in [3.05, 3.63) is 6.07 Å². The molecule has 21 heavy (non-hydrogen) atoms. The number of aliphatic carboxylic acids is 1. The van der Waals surface area contributed by atoms with Gasteiger partial charge in [0, 0.05) is 6.54 Å². The molecule has 0 aliphatic rings. The summed E-state index contributed by atoms with van der Waals surface area (Å²) in [7, 11) is 2.86. The molecule has 0 aliphatic heterocycles. The molecule has 0 saturated heterocycles. The van der Waals surface area contributed by atoms with Crippen LogP contribution in [0.2, 0.25) is 0 Å². The summed E-state index contributed by atoms with van der Waals surface area (Å²) in [6.07, 6.45) is 0.324. The molecule has 0 saturated carbocycles. The number of aromatic nitrogens is 2. The lowest BCUT2D eigenvalue weighted by Crippen LogP contribution is -2.31. The molecule has 3 N–H and O–H groups in total. The van der Waals surface area contributed by atoms with Gasteiger partial charge in [0.2, 0.25) is 17.7 Å². The van der Waals surface area contributed by atoms with Crippen LogP contribution in [0, 0.1) is 5.92 Å². The second-order valence-corrected chi connectivity index (χ2v) is 4.19. The molecule has 1 atom stereocenters. The van der Waals surface area contributed by atoms with E-state index in [1.165, 1.54) is 20.3 Å². The smallest absolute Gasteiger partial charge is 0.321 e. The zero-order chi connectivity index (χ0) is 15.8. The van der Waals surface area contributed by atoms with Crippen LogP contribution < -0.4 is 20.1 Å². The summed E-state index contributed by atoms with van der Waals surface area (Å²) in [5, 5.41) is 13.7. The van der Waals surface area contributed by atoms with E-state index in [0.29, 0.717) is 6.42 Å². The molecule has 0 bridgehead atoms. The molecule has 0 aromatic carbocycles. The van der Waals surface area contributed by atoms with Gasteiger partial charge in [-0.3, -0.25) is 10.1 Å². The lowest BCUT2D eigenvalue weighted by molar-refractivity contribution is -0.141. The molecule has 0 radical (unpaired) electrons. The van der Waals surface area contributed by atoms with Gasteiger partial charge in [0.1, 0.15) is 0 Å². The molecule has 9 nitrogen and oxygen atoms in total. The first-order valence-corrected chi connectivity index (χ1v) is 6.21. The maximum atomic E-state index is 11.6. The van der Waals surface area contributed by atoms with Gasteiger partial charge in [-0.2, -0.15) is 9.97 Å². The molecule has 116 valence electrons. The molecule has 0 spiro atoms. The molecule has 1 unspecified atom stereocenters. The third kappa shape index (κ3) is 5.51. The van der Waals surface area contributed by atoms with E-state index in [-0.39, 0.29) is 24.3 Å². The molecular formula is C12H18N4O5. The van der Waals surface area contributed by atoms with E-state index in [1.54, 1.807) is 6.92 Å². The third-order valence-electron chi connectivity index (χ3n) is 2.61. The van der Waals surface area contributed by atoms with Crippen molar-refractivity contribution in [2.75, 3.05) is 26.1 Å².